The number of alkyl halides is 6. The predicted octanol–water partition coefficient (Wildman–Crippen LogP) is 12.2. The summed E-state index contributed by atoms with van der Waals surface area (Å²) in [5.41, 5.74) is -8.48. The highest BCUT2D eigenvalue weighted by molar-refractivity contribution is 7.92. The number of carbonyl (C=O) groups excluding carboxylic acids is 8. The van der Waals surface area contributed by atoms with Crippen molar-refractivity contribution in [3.63, 3.8) is 0 Å². The smallest absolute Gasteiger partial charge is 0.427 e. The van der Waals surface area contributed by atoms with E-state index >= 15 is 9.59 Å². The molecule has 2 N–H and O–H groups in total. The molecule has 6 heterocycles. The van der Waals surface area contributed by atoms with E-state index in [0.717, 1.165) is 38.5 Å². The summed E-state index contributed by atoms with van der Waals surface area (Å²) >= 11 is 0. The number of ether oxygens (including phenoxy) is 8. The summed E-state index contributed by atoms with van der Waals surface area (Å²) in [7, 11) is -2.16. The minimum absolute atomic E-state index is 0.0128. The third-order valence-electron chi connectivity index (χ3n) is 25.3. The first-order valence-corrected chi connectivity index (χ1v) is 43.1. The molecule has 26 nitrogen and oxygen atoms in total. The molecule has 118 heavy (non-hydrogen) atoms. The number of nitrogens with one attached hydrogen (secondary N) is 2. The minimum atomic E-state index is -4.89. The van der Waals surface area contributed by atoms with Crippen LogP contribution in [0.2, 0.25) is 0 Å². The second-order valence-electron chi connectivity index (χ2n) is 35.1. The van der Waals surface area contributed by atoms with Crippen molar-refractivity contribution < 1.29 is 119 Å². The molecule has 0 radical (unpaired) electrons. The zero-order valence-electron chi connectivity index (χ0n) is 68.6. The second kappa shape index (κ2) is 34.9. The summed E-state index contributed by atoms with van der Waals surface area (Å²) in [5.74, 6) is -9.63. The number of methoxy groups -OCH3 is 4. The molecule has 34 heteroatoms. The number of benzene rings is 2. The number of Topliss-reactive ketones (excluding diaryl/α,β-unsaturated/α-hetero) is 2. The molecule has 4 saturated carbocycles. The maximum absolute atomic E-state index is 15.0. The van der Waals surface area contributed by atoms with Crippen molar-refractivity contribution in [1.29, 1.82) is 0 Å². The van der Waals surface area contributed by atoms with Crippen LogP contribution in [-0.4, -0.2) is 196 Å². The van der Waals surface area contributed by atoms with Crippen molar-refractivity contribution in [2.24, 2.45) is 58.2 Å². The van der Waals surface area contributed by atoms with Crippen LogP contribution in [0.3, 0.4) is 0 Å². The summed E-state index contributed by atoms with van der Waals surface area (Å²) in [5, 5.41) is 2.77. The Hall–Kier alpha value is -8.50. The lowest BCUT2D eigenvalue weighted by Gasteiger charge is -2.34. The number of allylic oxidation sites excluding steroid dienone is 4. The van der Waals surface area contributed by atoms with Gasteiger partial charge in [-0.25, -0.2) is 26.8 Å². The number of nitrogens with zero attached hydrogens (tertiary/aromatic N) is 4. The molecule has 648 valence electrons. The number of ketones is 2. The van der Waals surface area contributed by atoms with Gasteiger partial charge in [-0.1, -0.05) is 38.2 Å². The fourth-order valence-electron chi connectivity index (χ4n) is 16.7. The van der Waals surface area contributed by atoms with Gasteiger partial charge in [0, 0.05) is 76.3 Å². The Morgan fingerprint density at radius 3 is 1.24 bits per heavy atom. The van der Waals surface area contributed by atoms with Crippen LogP contribution >= 0.6 is 0 Å². The highest BCUT2D eigenvalue weighted by Crippen LogP contribution is 2.60. The summed E-state index contributed by atoms with van der Waals surface area (Å²) < 4.78 is 183. The van der Waals surface area contributed by atoms with Crippen molar-refractivity contribution in [1.82, 2.24) is 29.2 Å². The molecule has 4 amide bonds. The van der Waals surface area contributed by atoms with Crippen LogP contribution in [0.15, 0.2) is 85.2 Å². The molecule has 4 aromatic rings. The van der Waals surface area contributed by atoms with Crippen LogP contribution in [0.1, 0.15) is 171 Å². The standard InChI is InChI=1S/2C42H54F3N3O10S/c2*1-25-9-7-8-10-28-21-41(28,38(52)47-59(53,54)40(4)14-15-40)22-34(49)33-19-30(57-36-31-12-11-29(56-6)18-26(31)13-16-46-36)23-48(33)37(51)32(27(17-25)24-55-5)20-35(50)58-39(2,3)42(43,44)45/h2*8,10-13,16,18,25,27-28,30,32-33H,7,9,14-15,17,19-24H2,1-6H3,(H,47,52)/b2*10-8-/t25-,27+,28-,30-,32+,33+,41-;25-,27-,28+,30+,32-,33-,41+/m10/s1. The van der Waals surface area contributed by atoms with Gasteiger partial charge in [-0.3, -0.25) is 47.8 Å². The Morgan fingerprint density at radius 2 is 0.907 bits per heavy atom. The number of carbonyl (C=O) groups is 8. The molecule has 14 atom stereocenters. The van der Waals surface area contributed by atoms with Gasteiger partial charge in [0.25, 0.3) is 0 Å². The molecule has 0 bridgehead atoms. The van der Waals surface area contributed by atoms with Gasteiger partial charge in [0.1, 0.15) is 23.7 Å². The molecule has 12 rings (SSSR count). The minimum Gasteiger partial charge on any atom is -0.497 e. The number of rotatable bonds is 22. The van der Waals surface area contributed by atoms with Crippen LogP contribution in [0.4, 0.5) is 26.3 Å². The van der Waals surface area contributed by atoms with Crippen LogP contribution in [0.5, 0.6) is 23.3 Å². The van der Waals surface area contributed by atoms with E-state index in [9.17, 15) is 71.9 Å². The zero-order chi connectivity index (χ0) is 86.3. The molecule has 2 aromatic carbocycles. The quantitative estimate of drug-likeness (QED) is 0.0419. The number of aromatic nitrogens is 2. The lowest BCUT2D eigenvalue weighted by atomic mass is 9.81. The van der Waals surface area contributed by atoms with Gasteiger partial charge in [0.2, 0.25) is 66.6 Å². The molecular formula is C84H108F6N6O20S2. The monoisotopic (exact) mass is 1700 g/mol. The summed E-state index contributed by atoms with van der Waals surface area (Å²) in [6.45, 7) is 9.61. The molecule has 2 aromatic heterocycles. The van der Waals surface area contributed by atoms with Crippen molar-refractivity contribution >= 4 is 88.7 Å². The van der Waals surface area contributed by atoms with Gasteiger partial charge in [0.15, 0.2) is 11.6 Å². The van der Waals surface area contributed by atoms with Crippen molar-refractivity contribution in [2.75, 3.05) is 54.7 Å². The Balaban J connectivity index is 0.000000231. The third-order valence-corrected chi connectivity index (χ3v) is 29.6. The highest BCUT2D eigenvalue weighted by atomic mass is 32.2. The second-order valence-corrected chi connectivity index (χ2v) is 39.5. The van der Waals surface area contributed by atoms with Gasteiger partial charge in [-0.2, -0.15) is 26.3 Å². The molecule has 8 aliphatic rings. The predicted molar refractivity (Wildman–Crippen MR) is 419 cm³/mol. The number of amides is 4. The average molecular weight is 1700 g/mol. The molecule has 0 unspecified atom stereocenters. The molecule has 0 spiro atoms. The molecule has 2 saturated heterocycles. The molecular weight excluding hydrogens is 1590 g/mol. The van der Waals surface area contributed by atoms with E-state index in [1.165, 1.54) is 38.2 Å². The third kappa shape index (κ3) is 19.9. The van der Waals surface area contributed by atoms with Gasteiger partial charge >= 0.3 is 24.3 Å². The molecule has 6 fully saturated rings. The van der Waals surface area contributed by atoms with E-state index in [1.807, 2.05) is 38.2 Å². The Morgan fingerprint density at radius 1 is 0.542 bits per heavy atom. The molecule has 4 aliphatic carbocycles. The SMILES string of the molecule is COC[C@@H]1C[C@@H](C)CC/C=C\[C@@H]2C[C@@]2(C(=O)NS(=O)(=O)C2(C)CC2)CC(=O)[C@@H]2C[C@@H](Oc3nccc4cc(OC)ccc34)CN2C(=O)[C@H]1CC(=O)OC(C)(C)C(F)(F)F.COC[C@@H]1C[C@H](C)CC/C=C\[C@@H]2C[C@@]2(C(=O)NS(=O)(=O)C2(C)CC2)CC(=O)[C@@H]2C[C@@H](Oc3nccc4cc(OC)ccc34)CN2C(=O)[C@H]1CC(=O)OC(C)(C)C(F)(F)F. The first kappa shape index (κ1) is 90.3. The van der Waals surface area contributed by atoms with E-state index in [0.29, 0.717) is 86.5 Å². The normalized spacial score (nSPS) is 29.3. The number of sulfonamides is 2. The lowest BCUT2D eigenvalue weighted by Crippen LogP contribution is -2.49. The number of fused-ring (bicyclic) bond motifs is 6. The van der Waals surface area contributed by atoms with E-state index in [4.69, 9.17) is 37.9 Å². The van der Waals surface area contributed by atoms with Crippen molar-refractivity contribution in [3.8, 4) is 23.3 Å². The van der Waals surface area contributed by atoms with E-state index < -0.39 is 197 Å². The summed E-state index contributed by atoms with van der Waals surface area (Å²) in [6, 6.07) is 11.7. The van der Waals surface area contributed by atoms with Gasteiger partial charge in [0.05, 0.1) is 84.4 Å². The van der Waals surface area contributed by atoms with Crippen LogP contribution < -0.4 is 28.4 Å². The average Bonchev–Trinajstić information content (AvgIpc) is 1.57. The first-order valence-electron chi connectivity index (χ1n) is 40.1. The maximum atomic E-state index is 15.0. The maximum Gasteiger partial charge on any atom is 0.427 e. The van der Waals surface area contributed by atoms with Crippen LogP contribution in [0.25, 0.3) is 21.5 Å². The Bertz CT molecular complexity index is 4470. The zero-order valence-corrected chi connectivity index (χ0v) is 70.2. The van der Waals surface area contributed by atoms with Crippen LogP contribution in [-0.2, 0) is 77.4 Å². The van der Waals surface area contributed by atoms with Gasteiger partial charge in [-0.05, 0) is 213 Å². The number of hydrogen-bond donors (Lipinski definition) is 2. The van der Waals surface area contributed by atoms with Gasteiger partial charge < -0.3 is 47.7 Å². The number of pyridine rings is 2. The number of halogens is 6. The largest absolute Gasteiger partial charge is 0.497 e. The van der Waals surface area contributed by atoms with Crippen molar-refractivity contribution in [3.05, 3.63) is 85.2 Å². The van der Waals surface area contributed by atoms with Crippen LogP contribution in [0, 0.1) is 58.2 Å². The fraction of sp³-hybridized carbons (Fsp3) is 0.643. The fourth-order valence-corrected chi connectivity index (χ4v) is 19.4. The van der Waals surface area contributed by atoms with E-state index in [2.05, 4.69) is 19.4 Å². The van der Waals surface area contributed by atoms with Crippen molar-refractivity contribution in [2.45, 2.75) is 228 Å². The Labute approximate surface area is 683 Å². The lowest BCUT2D eigenvalue weighted by molar-refractivity contribution is -0.257. The molecule has 4 aliphatic heterocycles. The van der Waals surface area contributed by atoms with Gasteiger partial charge in [-0.15, -0.1) is 0 Å². The topological polar surface area (TPSA) is 335 Å². The Kier molecular flexibility index (Phi) is 26.7. The highest BCUT2D eigenvalue weighted by Gasteiger charge is 2.65. The first-order chi connectivity index (χ1) is 55.3. The number of hydrogen-bond acceptors (Lipinski definition) is 22. The van der Waals surface area contributed by atoms with E-state index in [-0.39, 0.29) is 75.6 Å². The summed E-state index contributed by atoms with van der Waals surface area (Å²) in [6.07, 6.45) is 1.94. The van der Waals surface area contributed by atoms with E-state index in [1.54, 1.807) is 74.8 Å². The summed E-state index contributed by atoms with van der Waals surface area (Å²) in [4.78, 5) is 126. The number of esters is 2.